The molecule has 0 spiro atoms. The van der Waals surface area contributed by atoms with Crippen LogP contribution in [0.25, 0.3) is 0 Å². The standard InChI is InChI=1S/C19H27Cl2N3OS/c1-13(2)23-19(16-11-14(20)6-7-17(16)21)26-12-18(25)22-9-8-15-5-4-10-24(15)3/h6-7,11,13,15H,4-5,8-10,12H2,1-3H3,(H,22,25). The van der Waals surface area contributed by atoms with Crippen LogP contribution in [-0.4, -0.2) is 53.8 Å². The molecular weight excluding hydrogens is 389 g/mol. The van der Waals surface area contributed by atoms with Gasteiger partial charge < -0.3 is 10.2 Å². The Morgan fingerprint density at radius 2 is 2.19 bits per heavy atom. The van der Waals surface area contributed by atoms with Crippen molar-refractivity contribution < 1.29 is 4.79 Å². The van der Waals surface area contributed by atoms with Crippen molar-refractivity contribution in [1.82, 2.24) is 10.2 Å². The summed E-state index contributed by atoms with van der Waals surface area (Å²) in [4.78, 5) is 19.2. The van der Waals surface area contributed by atoms with E-state index < -0.39 is 0 Å². The molecule has 26 heavy (non-hydrogen) atoms. The van der Waals surface area contributed by atoms with Crippen LogP contribution >= 0.6 is 35.0 Å². The first-order valence-electron chi connectivity index (χ1n) is 8.99. The van der Waals surface area contributed by atoms with Crippen LogP contribution in [0.4, 0.5) is 0 Å². The van der Waals surface area contributed by atoms with E-state index in [4.69, 9.17) is 23.2 Å². The van der Waals surface area contributed by atoms with E-state index >= 15 is 0 Å². The zero-order valence-corrected chi connectivity index (χ0v) is 17.9. The van der Waals surface area contributed by atoms with E-state index in [1.807, 2.05) is 13.8 Å². The lowest BCUT2D eigenvalue weighted by Gasteiger charge is -2.19. The number of likely N-dealkylation sites (tertiary alicyclic amines) is 1. The topological polar surface area (TPSA) is 44.7 Å². The molecule has 1 N–H and O–H groups in total. The number of rotatable bonds is 7. The van der Waals surface area contributed by atoms with Gasteiger partial charge >= 0.3 is 0 Å². The molecule has 1 amide bonds. The van der Waals surface area contributed by atoms with E-state index in [0.717, 1.165) is 23.6 Å². The second-order valence-corrected chi connectivity index (χ2v) is 8.66. The van der Waals surface area contributed by atoms with Crippen molar-refractivity contribution in [1.29, 1.82) is 0 Å². The Morgan fingerprint density at radius 3 is 2.85 bits per heavy atom. The summed E-state index contributed by atoms with van der Waals surface area (Å²) >= 11 is 13.8. The number of aliphatic imine (C=N–C) groups is 1. The number of carbonyl (C=O) groups excluding carboxylic acids is 1. The van der Waals surface area contributed by atoms with Gasteiger partial charge in [-0.25, -0.2) is 0 Å². The Balaban J connectivity index is 1.88. The Hall–Kier alpha value is -0.750. The van der Waals surface area contributed by atoms with Crippen molar-refractivity contribution in [3.05, 3.63) is 33.8 Å². The molecule has 0 aliphatic carbocycles. The molecule has 1 aromatic rings. The summed E-state index contributed by atoms with van der Waals surface area (Å²) in [6.45, 7) is 5.86. The summed E-state index contributed by atoms with van der Waals surface area (Å²) in [5, 5.41) is 4.96. The van der Waals surface area contributed by atoms with Gasteiger partial charge in [-0.05, 0) is 64.9 Å². The summed E-state index contributed by atoms with van der Waals surface area (Å²) in [5.41, 5.74) is 0.776. The van der Waals surface area contributed by atoms with Crippen molar-refractivity contribution in [2.24, 2.45) is 4.99 Å². The average Bonchev–Trinajstić information content (AvgIpc) is 2.98. The number of carbonyl (C=O) groups is 1. The van der Waals surface area contributed by atoms with Crippen LogP contribution in [0.1, 0.15) is 38.7 Å². The number of nitrogens with one attached hydrogen (secondary N) is 1. The van der Waals surface area contributed by atoms with E-state index in [0.29, 0.717) is 28.4 Å². The monoisotopic (exact) mass is 415 g/mol. The van der Waals surface area contributed by atoms with Gasteiger partial charge in [-0.1, -0.05) is 35.0 Å². The van der Waals surface area contributed by atoms with Crippen LogP contribution < -0.4 is 5.32 Å². The average molecular weight is 416 g/mol. The van der Waals surface area contributed by atoms with Gasteiger partial charge in [-0.15, -0.1) is 0 Å². The fourth-order valence-electron chi connectivity index (χ4n) is 2.99. The minimum Gasteiger partial charge on any atom is -0.355 e. The quantitative estimate of drug-likeness (QED) is 0.527. The second-order valence-electron chi connectivity index (χ2n) is 6.86. The molecule has 1 fully saturated rings. The largest absolute Gasteiger partial charge is 0.355 e. The molecule has 1 saturated heterocycles. The first kappa shape index (κ1) is 21.5. The highest BCUT2D eigenvalue weighted by molar-refractivity contribution is 8.15. The van der Waals surface area contributed by atoms with Gasteiger partial charge in [0.2, 0.25) is 5.91 Å². The lowest BCUT2D eigenvalue weighted by Crippen LogP contribution is -2.32. The van der Waals surface area contributed by atoms with E-state index in [-0.39, 0.29) is 11.9 Å². The molecule has 144 valence electrons. The molecule has 0 aromatic heterocycles. The molecule has 1 unspecified atom stereocenters. The molecule has 1 aromatic carbocycles. The van der Waals surface area contributed by atoms with Crippen LogP contribution in [0.5, 0.6) is 0 Å². The summed E-state index contributed by atoms with van der Waals surface area (Å²) in [6, 6.07) is 6.00. The molecule has 1 atom stereocenters. The lowest BCUT2D eigenvalue weighted by molar-refractivity contribution is -0.118. The highest BCUT2D eigenvalue weighted by Crippen LogP contribution is 2.26. The maximum absolute atomic E-state index is 12.2. The molecule has 4 nitrogen and oxygen atoms in total. The Bertz CT molecular complexity index is 652. The number of nitrogens with zero attached hydrogens (tertiary/aromatic N) is 2. The lowest BCUT2D eigenvalue weighted by atomic mass is 10.1. The molecule has 1 aliphatic heterocycles. The first-order valence-corrected chi connectivity index (χ1v) is 10.7. The maximum Gasteiger partial charge on any atom is 0.230 e. The van der Waals surface area contributed by atoms with Gasteiger partial charge in [0, 0.05) is 29.2 Å². The van der Waals surface area contributed by atoms with Crippen LogP contribution in [0.15, 0.2) is 23.2 Å². The van der Waals surface area contributed by atoms with Crippen LogP contribution in [-0.2, 0) is 4.79 Å². The third-order valence-corrected chi connectivity index (χ3v) is 5.92. The fraction of sp³-hybridized carbons (Fsp3) is 0.579. The predicted octanol–water partition coefficient (Wildman–Crippen LogP) is 4.48. The first-order chi connectivity index (χ1) is 12.4. The predicted molar refractivity (Wildman–Crippen MR) is 114 cm³/mol. The number of benzene rings is 1. The van der Waals surface area contributed by atoms with E-state index in [1.165, 1.54) is 24.6 Å². The molecule has 0 radical (unpaired) electrons. The molecule has 7 heteroatoms. The van der Waals surface area contributed by atoms with E-state index in [2.05, 4.69) is 22.3 Å². The number of hydrogen-bond donors (Lipinski definition) is 1. The zero-order chi connectivity index (χ0) is 19.1. The maximum atomic E-state index is 12.2. The number of hydrogen-bond acceptors (Lipinski definition) is 4. The molecule has 0 bridgehead atoms. The minimum absolute atomic E-state index is 0.0188. The third kappa shape index (κ3) is 6.76. The smallest absolute Gasteiger partial charge is 0.230 e. The normalized spacial score (nSPS) is 18.5. The van der Waals surface area contributed by atoms with Gasteiger partial charge in [0.1, 0.15) is 0 Å². The second kappa shape index (κ2) is 10.5. The number of halogens is 2. The van der Waals surface area contributed by atoms with E-state index in [1.54, 1.807) is 18.2 Å². The molecular formula is C19H27Cl2N3OS. The van der Waals surface area contributed by atoms with Crippen molar-refractivity contribution in [3.63, 3.8) is 0 Å². The SMILES string of the molecule is CC(C)N=C(SCC(=O)NCCC1CCCN1C)c1cc(Cl)ccc1Cl. The number of thioether (sulfide) groups is 1. The van der Waals surface area contributed by atoms with Crippen LogP contribution in [0, 0.1) is 0 Å². The zero-order valence-electron chi connectivity index (χ0n) is 15.6. The fourth-order valence-corrected chi connectivity index (χ4v) is 4.40. The summed E-state index contributed by atoms with van der Waals surface area (Å²) in [6.07, 6.45) is 3.47. The summed E-state index contributed by atoms with van der Waals surface area (Å²) in [7, 11) is 2.15. The van der Waals surface area contributed by atoms with Gasteiger partial charge in [-0.2, -0.15) is 0 Å². The number of amides is 1. The van der Waals surface area contributed by atoms with Gasteiger partial charge in [-0.3, -0.25) is 9.79 Å². The highest BCUT2D eigenvalue weighted by Gasteiger charge is 2.20. The van der Waals surface area contributed by atoms with Crippen molar-refractivity contribution in [2.45, 2.75) is 45.2 Å². The van der Waals surface area contributed by atoms with E-state index in [9.17, 15) is 4.79 Å². The molecule has 1 heterocycles. The molecule has 1 aliphatic rings. The summed E-state index contributed by atoms with van der Waals surface area (Å²) < 4.78 is 0. The van der Waals surface area contributed by atoms with Crippen LogP contribution in [0.3, 0.4) is 0 Å². The van der Waals surface area contributed by atoms with Gasteiger partial charge in [0.15, 0.2) is 0 Å². The Morgan fingerprint density at radius 1 is 1.42 bits per heavy atom. The van der Waals surface area contributed by atoms with Crippen LogP contribution in [0.2, 0.25) is 10.0 Å². The van der Waals surface area contributed by atoms with Crippen molar-refractivity contribution >= 4 is 45.9 Å². The molecule has 0 saturated carbocycles. The minimum atomic E-state index is 0.0188. The summed E-state index contributed by atoms with van der Waals surface area (Å²) in [5.74, 6) is 0.333. The Kier molecular flexibility index (Phi) is 8.74. The van der Waals surface area contributed by atoms with Gasteiger partial charge in [0.25, 0.3) is 0 Å². The van der Waals surface area contributed by atoms with Crippen molar-refractivity contribution in [3.8, 4) is 0 Å². The van der Waals surface area contributed by atoms with Gasteiger partial charge in [0.05, 0.1) is 15.8 Å². The van der Waals surface area contributed by atoms with Crippen molar-refractivity contribution in [2.75, 3.05) is 25.9 Å². The Labute approximate surface area is 170 Å². The molecule has 2 rings (SSSR count). The third-order valence-electron chi connectivity index (χ3n) is 4.35. The highest BCUT2D eigenvalue weighted by atomic mass is 35.5.